The van der Waals surface area contributed by atoms with E-state index in [1.807, 2.05) is 42.5 Å². The second kappa shape index (κ2) is 6.53. The van der Waals surface area contributed by atoms with Gasteiger partial charge in [-0.3, -0.25) is 9.78 Å². The Morgan fingerprint density at radius 3 is 2.68 bits per heavy atom. The van der Waals surface area contributed by atoms with E-state index >= 15 is 0 Å². The number of H-pyrrole nitrogens is 1. The number of amides is 1. The molecule has 0 atom stereocenters. The largest absolute Gasteiger partial charge is 0.396 e. The van der Waals surface area contributed by atoms with Crippen molar-refractivity contribution in [2.75, 3.05) is 13.2 Å². The molecule has 0 saturated carbocycles. The molecule has 5 nitrogen and oxygen atoms in total. The van der Waals surface area contributed by atoms with E-state index in [1.54, 1.807) is 6.20 Å². The number of carbonyl (C=O) groups is 1. The van der Waals surface area contributed by atoms with Gasteiger partial charge in [-0.05, 0) is 30.2 Å². The summed E-state index contributed by atoms with van der Waals surface area (Å²) in [6.07, 6.45) is 3.27. The molecule has 2 aromatic heterocycles. The first kappa shape index (κ1) is 15.6. The summed E-state index contributed by atoms with van der Waals surface area (Å²) >= 11 is 0. The summed E-state index contributed by atoms with van der Waals surface area (Å²) in [7, 11) is 0. The Balaban J connectivity index is 1.66. The van der Waals surface area contributed by atoms with Gasteiger partial charge in [0.2, 0.25) is 0 Å². The van der Waals surface area contributed by atoms with E-state index in [0.717, 1.165) is 45.8 Å². The minimum absolute atomic E-state index is 0.0162. The molecule has 1 aromatic carbocycles. The molecule has 3 N–H and O–H groups in total. The third kappa shape index (κ3) is 3.06. The van der Waals surface area contributed by atoms with Crippen molar-refractivity contribution in [1.82, 2.24) is 15.3 Å². The van der Waals surface area contributed by atoms with Crippen molar-refractivity contribution in [3.63, 3.8) is 0 Å². The summed E-state index contributed by atoms with van der Waals surface area (Å²) in [4.78, 5) is 19.8. The lowest BCUT2D eigenvalue weighted by Gasteiger charge is -2.11. The maximum Gasteiger partial charge on any atom is 0.253 e. The first-order chi connectivity index (χ1) is 12.2. The van der Waals surface area contributed by atoms with Gasteiger partial charge in [-0.2, -0.15) is 0 Å². The molecule has 0 radical (unpaired) electrons. The number of hydrogen-bond acceptors (Lipinski definition) is 3. The zero-order chi connectivity index (χ0) is 17.2. The summed E-state index contributed by atoms with van der Waals surface area (Å²) < 4.78 is 0. The van der Waals surface area contributed by atoms with E-state index in [-0.39, 0.29) is 12.5 Å². The van der Waals surface area contributed by atoms with Gasteiger partial charge in [0.15, 0.2) is 0 Å². The SMILES string of the molecule is O=C1NCCc2[nH]c(-c3ccnc(-c4ccc(CCO)cc4)c3)cc21. The summed E-state index contributed by atoms with van der Waals surface area (Å²) in [5.74, 6) is -0.0162. The van der Waals surface area contributed by atoms with Gasteiger partial charge < -0.3 is 15.4 Å². The lowest BCUT2D eigenvalue weighted by Crippen LogP contribution is -2.31. The molecular formula is C20H19N3O2. The number of aromatic nitrogens is 2. The molecule has 0 saturated heterocycles. The van der Waals surface area contributed by atoms with Crippen LogP contribution in [-0.4, -0.2) is 34.1 Å². The molecule has 1 amide bonds. The molecule has 0 fully saturated rings. The van der Waals surface area contributed by atoms with Crippen molar-refractivity contribution in [3.05, 3.63) is 65.5 Å². The van der Waals surface area contributed by atoms with E-state index in [1.165, 1.54) is 0 Å². The first-order valence-electron chi connectivity index (χ1n) is 8.41. The summed E-state index contributed by atoms with van der Waals surface area (Å²) in [6.45, 7) is 0.825. The van der Waals surface area contributed by atoms with Gasteiger partial charge in [-0.25, -0.2) is 0 Å². The van der Waals surface area contributed by atoms with Gasteiger partial charge in [0.25, 0.3) is 5.91 Å². The van der Waals surface area contributed by atoms with Crippen molar-refractivity contribution in [2.24, 2.45) is 0 Å². The predicted octanol–water partition coefficient (Wildman–Crippen LogP) is 2.56. The number of fused-ring (bicyclic) bond motifs is 1. The Kier molecular flexibility index (Phi) is 4.07. The van der Waals surface area contributed by atoms with Gasteiger partial charge in [0, 0.05) is 48.3 Å². The van der Waals surface area contributed by atoms with Crippen molar-refractivity contribution < 1.29 is 9.90 Å². The van der Waals surface area contributed by atoms with Gasteiger partial charge in [-0.1, -0.05) is 24.3 Å². The van der Waals surface area contributed by atoms with Crippen LogP contribution in [0.4, 0.5) is 0 Å². The van der Waals surface area contributed by atoms with Crippen LogP contribution >= 0.6 is 0 Å². The second-order valence-corrected chi connectivity index (χ2v) is 6.18. The first-order valence-corrected chi connectivity index (χ1v) is 8.41. The van der Waals surface area contributed by atoms with Crippen LogP contribution < -0.4 is 5.32 Å². The fourth-order valence-corrected chi connectivity index (χ4v) is 3.18. The minimum Gasteiger partial charge on any atom is -0.396 e. The van der Waals surface area contributed by atoms with Gasteiger partial charge in [-0.15, -0.1) is 0 Å². The van der Waals surface area contributed by atoms with Gasteiger partial charge in [0.05, 0.1) is 11.3 Å². The number of benzene rings is 1. The van der Waals surface area contributed by atoms with E-state index in [2.05, 4.69) is 15.3 Å². The number of carbonyl (C=O) groups excluding carboxylic acids is 1. The normalized spacial score (nSPS) is 13.4. The third-order valence-corrected chi connectivity index (χ3v) is 4.53. The summed E-state index contributed by atoms with van der Waals surface area (Å²) in [5, 5.41) is 11.9. The lowest BCUT2D eigenvalue weighted by atomic mass is 10.0. The number of hydrogen-bond donors (Lipinski definition) is 3. The average Bonchev–Trinajstić information content (AvgIpc) is 3.09. The maximum atomic E-state index is 11.9. The second-order valence-electron chi connectivity index (χ2n) is 6.18. The van der Waals surface area contributed by atoms with Gasteiger partial charge in [0.1, 0.15) is 0 Å². The number of rotatable bonds is 4. The number of aromatic amines is 1. The maximum absolute atomic E-state index is 11.9. The van der Waals surface area contributed by atoms with Crippen molar-refractivity contribution in [2.45, 2.75) is 12.8 Å². The van der Waals surface area contributed by atoms with Crippen molar-refractivity contribution in [3.8, 4) is 22.5 Å². The fraction of sp³-hybridized carbons (Fsp3) is 0.200. The van der Waals surface area contributed by atoms with E-state index < -0.39 is 0 Å². The summed E-state index contributed by atoms with van der Waals surface area (Å²) in [6, 6.07) is 13.9. The minimum atomic E-state index is -0.0162. The highest BCUT2D eigenvalue weighted by molar-refractivity contribution is 5.97. The van der Waals surface area contributed by atoms with Crippen LogP contribution in [0.5, 0.6) is 0 Å². The zero-order valence-corrected chi connectivity index (χ0v) is 13.7. The highest BCUT2D eigenvalue weighted by Crippen LogP contribution is 2.27. The molecule has 25 heavy (non-hydrogen) atoms. The smallest absolute Gasteiger partial charge is 0.253 e. The van der Waals surface area contributed by atoms with Crippen LogP contribution in [-0.2, 0) is 12.8 Å². The Bertz CT molecular complexity index is 913. The molecule has 1 aliphatic heterocycles. The van der Waals surface area contributed by atoms with E-state index in [9.17, 15) is 4.79 Å². The molecule has 0 unspecified atom stereocenters. The number of nitrogens with zero attached hydrogens (tertiary/aromatic N) is 1. The number of aliphatic hydroxyl groups excluding tert-OH is 1. The zero-order valence-electron chi connectivity index (χ0n) is 13.7. The van der Waals surface area contributed by atoms with Crippen LogP contribution in [0.3, 0.4) is 0 Å². The quantitative estimate of drug-likeness (QED) is 0.687. The van der Waals surface area contributed by atoms with Crippen LogP contribution in [0.1, 0.15) is 21.6 Å². The van der Waals surface area contributed by atoms with Crippen molar-refractivity contribution >= 4 is 5.91 Å². The number of pyridine rings is 1. The average molecular weight is 333 g/mol. The number of aliphatic hydroxyl groups is 1. The Labute approximate surface area is 145 Å². The highest BCUT2D eigenvalue weighted by atomic mass is 16.3. The Morgan fingerprint density at radius 2 is 1.92 bits per heavy atom. The third-order valence-electron chi connectivity index (χ3n) is 4.53. The molecule has 3 heterocycles. The van der Waals surface area contributed by atoms with Crippen LogP contribution in [0.15, 0.2) is 48.7 Å². The Hall–Kier alpha value is -2.92. The van der Waals surface area contributed by atoms with E-state index in [0.29, 0.717) is 13.0 Å². The molecular weight excluding hydrogens is 314 g/mol. The van der Waals surface area contributed by atoms with Crippen LogP contribution in [0.2, 0.25) is 0 Å². The fourth-order valence-electron chi connectivity index (χ4n) is 3.18. The highest BCUT2D eigenvalue weighted by Gasteiger charge is 2.20. The molecule has 4 rings (SSSR count). The molecule has 126 valence electrons. The molecule has 0 spiro atoms. The molecule has 0 aliphatic carbocycles. The van der Waals surface area contributed by atoms with Gasteiger partial charge >= 0.3 is 0 Å². The molecule has 1 aliphatic rings. The Morgan fingerprint density at radius 1 is 1.08 bits per heavy atom. The van der Waals surface area contributed by atoms with Crippen molar-refractivity contribution in [1.29, 1.82) is 0 Å². The predicted molar refractivity (Wildman–Crippen MR) is 96.3 cm³/mol. The molecule has 5 heteroatoms. The topological polar surface area (TPSA) is 78.0 Å². The number of nitrogens with one attached hydrogen (secondary N) is 2. The monoisotopic (exact) mass is 333 g/mol. The molecule has 3 aromatic rings. The van der Waals surface area contributed by atoms with Crippen LogP contribution in [0, 0.1) is 0 Å². The molecule has 0 bridgehead atoms. The standard InChI is InChI=1S/C20H19N3O2/c24-10-7-13-1-3-14(4-2-13)18-11-15(5-8-21-18)19-12-16-17(23-19)6-9-22-20(16)25/h1-5,8,11-12,23-24H,6-7,9-10H2,(H,22,25). The summed E-state index contributed by atoms with van der Waals surface area (Å²) in [5.41, 5.74) is 6.67. The lowest BCUT2D eigenvalue weighted by molar-refractivity contribution is 0.0946. The van der Waals surface area contributed by atoms with E-state index in [4.69, 9.17) is 5.11 Å². The van der Waals surface area contributed by atoms with Crippen LogP contribution in [0.25, 0.3) is 22.5 Å².